The van der Waals surface area contributed by atoms with E-state index >= 15 is 0 Å². The lowest BCUT2D eigenvalue weighted by atomic mass is 10.2. The maximum atomic E-state index is 11.2. The first kappa shape index (κ1) is 12.0. The summed E-state index contributed by atoms with van der Waals surface area (Å²) >= 11 is 9.25. The van der Waals surface area contributed by atoms with E-state index in [0.29, 0.717) is 15.2 Å². The topological polar surface area (TPSA) is 52.9 Å². The highest BCUT2D eigenvalue weighted by Gasteiger charge is 2.09. The van der Waals surface area contributed by atoms with Crippen molar-refractivity contribution in [1.29, 1.82) is 5.26 Å². The van der Waals surface area contributed by atoms with Gasteiger partial charge in [-0.25, -0.2) is 0 Å². The molecule has 0 atom stereocenters. The van der Waals surface area contributed by atoms with Crippen LogP contribution in [0, 0.1) is 18.3 Å². The van der Waals surface area contributed by atoms with Crippen molar-refractivity contribution in [1.82, 2.24) is 0 Å². The van der Waals surface area contributed by atoms with Crippen LogP contribution in [0.2, 0.25) is 5.02 Å². The molecule has 0 bridgehead atoms. The molecule has 15 heavy (non-hydrogen) atoms. The van der Waals surface area contributed by atoms with Gasteiger partial charge < -0.3 is 5.32 Å². The van der Waals surface area contributed by atoms with Gasteiger partial charge in [0.05, 0.1) is 16.8 Å². The third-order valence-corrected chi connectivity index (χ3v) is 2.61. The van der Waals surface area contributed by atoms with Crippen molar-refractivity contribution in [2.24, 2.45) is 0 Å². The Labute approximate surface area is 101 Å². The Morgan fingerprint density at radius 2 is 2.33 bits per heavy atom. The zero-order valence-corrected chi connectivity index (χ0v) is 10.3. The van der Waals surface area contributed by atoms with Gasteiger partial charge in [0.15, 0.2) is 0 Å². The van der Waals surface area contributed by atoms with E-state index in [2.05, 4.69) is 21.2 Å². The Kier molecular flexibility index (Phi) is 4.13. The van der Waals surface area contributed by atoms with Crippen molar-refractivity contribution in [3.63, 3.8) is 0 Å². The second-order valence-electron chi connectivity index (χ2n) is 2.99. The second kappa shape index (κ2) is 5.15. The summed E-state index contributed by atoms with van der Waals surface area (Å²) in [6.45, 7) is 1.90. The molecule has 0 radical (unpaired) electrons. The molecule has 0 saturated carbocycles. The molecule has 1 aromatic rings. The van der Waals surface area contributed by atoms with E-state index in [1.54, 1.807) is 12.1 Å². The minimum absolute atomic E-state index is 0.184. The fourth-order valence-corrected chi connectivity index (χ4v) is 2.18. The Bertz CT molecular complexity index is 417. The number of rotatable bonds is 2. The Balaban J connectivity index is 2.96. The summed E-state index contributed by atoms with van der Waals surface area (Å²) in [6.07, 6.45) is -0.184. The molecule has 0 saturated heterocycles. The Morgan fingerprint density at radius 3 is 2.87 bits per heavy atom. The van der Waals surface area contributed by atoms with Crippen molar-refractivity contribution in [3.8, 4) is 6.07 Å². The molecular formula is C10H8BrClN2O. The number of carbonyl (C=O) groups excluding carboxylic acids is 1. The molecular weight excluding hydrogens is 279 g/mol. The predicted molar refractivity (Wildman–Crippen MR) is 62.7 cm³/mol. The van der Waals surface area contributed by atoms with Crippen molar-refractivity contribution in [2.75, 3.05) is 5.32 Å². The van der Waals surface area contributed by atoms with Gasteiger partial charge in [-0.2, -0.15) is 5.26 Å². The van der Waals surface area contributed by atoms with Gasteiger partial charge in [-0.3, -0.25) is 4.79 Å². The van der Waals surface area contributed by atoms with Crippen LogP contribution in [0.25, 0.3) is 0 Å². The van der Waals surface area contributed by atoms with Crippen molar-refractivity contribution < 1.29 is 4.79 Å². The molecule has 3 nitrogen and oxygen atoms in total. The molecule has 0 spiro atoms. The van der Waals surface area contributed by atoms with Crippen LogP contribution in [0.4, 0.5) is 5.69 Å². The lowest BCUT2D eigenvalue weighted by molar-refractivity contribution is -0.115. The summed E-state index contributed by atoms with van der Waals surface area (Å²) in [5.74, 6) is -0.371. The smallest absolute Gasteiger partial charge is 0.238 e. The molecule has 1 amide bonds. The number of aryl methyl sites for hydroxylation is 1. The normalized spacial score (nSPS) is 9.47. The van der Waals surface area contributed by atoms with Gasteiger partial charge in [-0.1, -0.05) is 11.6 Å². The van der Waals surface area contributed by atoms with Crippen LogP contribution < -0.4 is 5.32 Å². The maximum Gasteiger partial charge on any atom is 0.238 e. The van der Waals surface area contributed by atoms with Crippen LogP contribution in [0.3, 0.4) is 0 Å². The first-order chi connectivity index (χ1) is 7.04. The molecule has 0 aliphatic heterocycles. The summed E-state index contributed by atoms with van der Waals surface area (Å²) < 4.78 is 0.707. The van der Waals surface area contributed by atoms with Crippen molar-refractivity contribution in [2.45, 2.75) is 13.3 Å². The summed E-state index contributed by atoms with van der Waals surface area (Å²) in [5.41, 5.74) is 1.49. The first-order valence-electron chi connectivity index (χ1n) is 4.17. The van der Waals surface area contributed by atoms with E-state index in [0.717, 1.165) is 5.56 Å². The zero-order valence-electron chi connectivity index (χ0n) is 7.97. The number of benzene rings is 1. The van der Waals surface area contributed by atoms with Crippen LogP contribution in [0.15, 0.2) is 16.6 Å². The van der Waals surface area contributed by atoms with Gasteiger partial charge in [0, 0.05) is 4.47 Å². The SMILES string of the molecule is Cc1cc(Cl)c(NC(=O)CC#N)c(Br)c1. The fraction of sp³-hybridized carbons (Fsp3) is 0.200. The highest BCUT2D eigenvalue weighted by atomic mass is 79.9. The number of nitrogens with one attached hydrogen (secondary N) is 1. The highest BCUT2D eigenvalue weighted by Crippen LogP contribution is 2.31. The summed E-state index contributed by atoms with van der Waals surface area (Å²) in [6, 6.07) is 5.35. The molecule has 0 heterocycles. The fourth-order valence-electron chi connectivity index (χ4n) is 1.07. The number of anilines is 1. The van der Waals surface area contributed by atoms with Crippen LogP contribution in [0.5, 0.6) is 0 Å². The molecule has 0 unspecified atom stereocenters. The van der Waals surface area contributed by atoms with E-state index in [-0.39, 0.29) is 12.3 Å². The first-order valence-corrected chi connectivity index (χ1v) is 5.34. The highest BCUT2D eigenvalue weighted by molar-refractivity contribution is 9.10. The maximum absolute atomic E-state index is 11.2. The minimum Gasteiger partial charge on any atom is -0.323 e. The van der Waals surface area contributed by atoms with Gasteiger partial charge in [0.25, 0.3) is 0 Å². The zero-order chi connectivity index (χ0) is 11.4. The molecule has 78 valence electrons. The number of nitrogens with zero attached hydrogens (tertiary/aromatic N) is 1. The van der Waals surface area contributed by atoms with E-state index in [1.165, 1.54) is 0 Å². The predicted octanol–water partition coefficient (Wildman–Crippen LogP) is 3.26. The lowest BCUT2D eigenvalue weighted by Crippen LogP contribution is -2.11. The van der Waals surface area contributed by atoms with Gasteiger partial charge in [0.2, 0.25) is 5.91 Å². The quantitative estimate of drug-likeness (QED) is 0.907. The minimum atomic E-state index is -0.371. The molecule has 0 aliphatic carbocycles. The molecule has 0 aliphatic rings. The third-order valence-electron chi connectivity index (χ3n) is 1.69. The lowest BCUT2D eigenvalue weighted by Gasteiger charge is -2.08. The largest absolute Gasteiger partial charge is 0.323 e. The molecule has 1 N–H and O–H groups in total. The number of hydrogen-bond acceptors (Lipinski definition) is 2. The van der Waals surface area contributed by atoms with Crippen LogP contribution in [0.1, 0.15) is 12.0 Å². The van der Waals surface area contributed by atoms with Crippen molar-refractivity contribution in [3.05, 3.63) is 27.2 Å². The standard InChI is InChI=1S/C10H8BrClN2O/c1-6-4-7(11)10(8(12)5-6)14-9(15)2-3-13/h4-5H,2H2,1H3,(H,14,15). The summed E-state index contributed by atoms with van der Waals surface area (Å²) in [7, 11) is 0. The molecule has 1 aromatic carbocycles. The number of carbonyl (C=O) groups is 1. The monoisotopic (exact) mass is 286 g/mol. The molecule has 0 aromatic heterocycles. The van der Waals surface area contributed by atoms with Gasteiger partial charge in [-0.15, -0.1) is 0 Å². The summed E-state index contributed by atoms with van der Waals surface area (Å²) in [5, 5.41) is 11.4. The van der Waals surface area contributed by atoms with E-state index in [9.17, 15) is 4.79 Å². The third kappa shape index (κ3) is 3.22. The van der Waals surface area contributed by atoms with Crippen LogP contribution in [-0.2, 0) is 4.79 Å². The average Bonchev–Trinajstić information content (AvgIpc) is 2.11. The van der Waals surface area contributed by atoms with Gasteiger partial charge in [0.1, 0.15) is 6.42 Å². The summed E-state index contributed by atoms with van der Waals surface area (Å²) in [4.78, 5) is 11.2. The van der Waals surface area contributed by atoms with E-state index in [1.807, 2.05) is 13.0 Å². The molecule has 1 rings (SSSR count). The number of halogens is 2. The van der Waals surface area contributed by atoms with Crippen molar-refractivity contribution >= 4 is 39.1 Å². The molecule has 5 heteroatoms. The Morgan fingerprint density at radius 1 is 1.67 bits per heavy atom. The average molecular weight is 288 g/mol. The number of nitriles is 1. The van der Waals surface area contributed by atoms with Crippen LogP contribution in [-0.4, -0.2) is 5.91 Å². The van der Waals surface area contributed by atoms with Crippen LogP contribution >= 0.6 is 27.5 Å². The Hall–Kier alpha value is -1.05. The van der Waals surface area contributed by atoms with E-state index < -0.39 is 0 Å². The van der Waals surface area contributed by atoms with Gasteiger partial charge in [-0.05, 0) is 40.5 Å². The van der Waals surface area contributed by atoms with E-state index in [4.69, 9.17) is 16.9 Å². The molecule has 0 fully saturated rings. The van der Waals surface area contributed by atoms with Gasteiger partial charge >= 0.3 is 0 Å². The second-order valence-corrected chi connectivity index (χ2v) is 4.25. The number of amides is 1. The number of hydrogen-bond donors (Lipinski definition) is 1.